The van der Waals surface area contributed by atoms with Crippen LogP contribution < -0.4 is 15.4 Å². The molecule has 1 atom stereocenters. The molecule has 2 heterocycles. The molecule has 0 spiro atoms. The molecule has 1 aliphatic rings. The minimum Gasteiger partial charge on any atom is -0.487 e. The van der Waals surface area contributed by atoms with Gasteiger partial charge in [0.1, 0.15) is 24.2 Å². The van der Waals surface area contributed by atoms with Gasteiger partial charge in [0, 0.05) is 6.26 Å². The maximum absolute atomic E-state index is 12.6. The van der Waals surface area contributed by atoms with E-state index in [1.165, 1.54) is 18.4 Å². The number of amides is 2. The highest BCUT2D eigenvalue weighted by molar-refractivity contribution is 7.90. The van der Waals surface area contributed by atoms with E-state index in [1.54, 1.807) is 31.2 Å². The summed E-state index contributed by atoms with van der Waals surface area (Å²) in [6.45, 7) is 1.62. The quantitative estimate of drug-likeness (QED) is 0.656. The summed E-state index contributed by atoms with van der Waals surface area (Å²) in [5.74, 6) is -0.00433. The number of rotatable bonds is 7. The van der Waals surface area contributed by atoms with Crippen molar-refractivity contribution < 1.29 is 31.9 Å². The summed E-state index contributed by atoms with van der Waals surface area (Å²) in [6.07, 6.45) is 2.52. The third-order valence-electron chi connectivity index (χ3n) is 4.09. The second-order valence-corrected chi connectivity index (χ2v) is 8.21. The zero-order valence-electron chi connectivity index (χ0n) is 15.8. The van der Waals surface area contributed by atoms with Crippen molar-refractivity contribution in [2.24, 2.45) is 0 Å². The number of hydrogen-bond acceptors (Lipinski definition) is 7. The van der Waals surface area contributed by atoms with Gasteiger partial charge in [0.25, 0.3) is 0 Å². The lowest BCUT2D eigenvalue weighted by Gasteiger charge is -2.27. The van der Waals surface area contributed by atoms with Crippen molar-refractivity contribution >= 4 is 21.8 Å². The minimum atomic E-state index is -3.41. The third kappa shape index (κ3) is 4.77. The van der Waals surface area contributed by atoms with E-state index in [1.807, 2.05) is 0 Å². The van der Waals surface area contributed by atoms with Gasteiger partial charge in [0.2, 0.25) is 0 Å². The smallest absolute Gasteiger partial charge is 0.338 e. The van der Waals surface area contributed by atoms with E-state index in [0.717, 1.165) is 6.26 Å². The van der Waals surface area contributed by atoms with Crippen molar-refractivity contribution in [2.45, 2.75) is 17.9 Å². The van der Waals surface area contributed by atoms with Crippen molar-refractivity contribution in [1.82, 2.24) is 10.6 Å². The number of carbonyl (C=O) groups is 2. The first-order valence-electron chi connectivity index (χ1n) is 8.73. The fraction of sp³-hybridized carbons (Fsp3) is 0.263. The van der Waals surface area contributed by atoms with Gasteiger partial charge in [-0.2, -0.15) is 0 Å². The number of carbonyl (C=O) groups excluding carboxylic acids is 2. The number of ether oxygens (including phenoxy) is 2. The highest BCUT2D eigenvalue weighted by Crippen LogP contribution is 2.28. The van der Waals surface area contributed by atoms with Crippen LogP contribution in [0.15, 0.2) is 63.2 Å². The summed E-state index contributed by atoms with van der Waals surface area (Å²) in [4.78, 5) is 24.8. The van der Waals surface area contributed by atoms with Gasteiger partial charge in [-0.15, -0.1) is 0 Å². The Kier molecular flexibility index (Phi) is 5.92. The van der Waals surface area contributed by atoms with E-state index in [4.69, 9.17) is 13.9 Å². The van der Waals surface area contributed by atoms with E-state index in [2.05, 4.69) is 10.6 Å². The summed E-state index contributed by atoms with van der Waals surface area (Å²) in [6, 6.07) is 7.81. The number of benzene rings is 1. The number of nitrogens with one attached hydrogen (secondary N) is 2. The average molecular weight is 420 g/mol. The Morgan fingerprint density at radius 3 is 2.69 bits per heavy atom. The van der Waals surface area contributed by atoms with Crippen LogP contribution in [0, 0.1) is 0 Å². The van der Waals surface area contributed by atoms with Crippen LogP contribution in [0.1, 0.15) is 18.7 Å². The summed E-state index contributed by atoms with van der Waals surface area (Å²) in [5.41, 5.74) is 0.332. The second-order valence-electron chi connectivity index (χ2n) is 6.20. The normalized spacial score (nSPS) is 16.8. The largest absolute Gasteiger partial charge is 0.487 e. The van der Waals surface area contributed by atoms with E-state index in [0.29, 0.717) is 5.76 Å². The predicted octanol–water partition coefficient (Wildman–Crippen LogP) is 1.93. The average Bonchev–Trinajstić information content (AvgIpc) is 3.20. The SMILES string of the molecule is CCOC(=O)C1=C(COc2cccc(S(C)(=O)=O)c2)NC(=O)NC1c1ccco1. The van der Waals surface area contributed by atoms with Crippen LogP contribution in [-0.2, 0) is 19.4 Å². The Balaban J connectivity index is 1.93. The Morgan fingerprint density at radius 1 is 1.24 bits per heavy atom. The summed E-state index contributed by atoms with van der Waals surface area (Å²) < 4.78 is 39.6. The molecule has 3 rings (SSSR count). The van der Waals surface area contributed by atoms with Gasteiger partial charge in [0.05, 0.1) is 29.0 Å². The number of esters is 1. The van der Waals surface area contributed by atoms with E-state index in [9.17, 15) is 18.0 Å². The molecular formula is C19H20N2O7S. The van der Waals surface area contributed by atoms with Crippen molar-refractivity contribution in [1.29, 1.82) is 0 Å². The monoisotopic (exact) mass is 420 g/mol. The first-order valence-corrected chi connectivity index (χ1v) is 10.6. The van der Waals surface area contributed by atoms with Crippen LogP contribution in [0.3, 0.4) is 0 Å². The molecule has 29 heavy (non-hydrogen) atoms. The van der Waals surface area contributed by atoms with Crippen molar-refractivity contribution in [3.05, 3.63) is 59.7 Å². The molecular weight excluding hydrogens is 400 g/mol. The molecule has 2 aromatic rings. The Morgan fingerprint density at radius 2 is 2.03 bits per heavy atom. The molecule has 9 nitrogen and oxygen atoms in total. The fourth-order valence-corrected chi connectivity index (χ4v) is 3.46. The third-order valence-corrected chi connectivity index (χ3v) is 5.20. The molecule has 1 aromatic heterocycles. The van der Waals surface area contributed by atoms with Crippen molar-refractivity contribution in [3.63, 3.8) is 0 Å². The molecule has 0 radical (unpaired) electrons. The van der Waals surface area contributed by atoms with Crippen LogP contribution in [0.4, 0.5) is 4.79 Å². The summed E-state index contributed by atoms with van der Waals surface area (Å²) in [7, 11) is -3.41. The van der Waals surface area contributed by atoms with Gasteiger partial charge in [0.15, 0.2) is 9.84 Å². The first-order chi connectivity index (χ1) is 13.8. The molecule has 154 valence electrons. The minimum absolute atomic E-state index is 0.0948. The molecule has 0 aliphatic carbocycles. The van der Waals surface area contributed by atoms with Gasteiger partial charge in [-0.25, -0.2) is 18.0 Å². The van der Waals surface area contributed by atoms with Crippen LogP contribution in [0.25, 0.3) is 0 Å². The van der Waals surface area contributed by atoms with E-state index < -0.39 is 27.9 Å². The maximum atomic E-state index is 12.6. The zero-order valence-corrected chi connectivity index (χ0v) is 16.6. The van der Waals surface area contributed by atoms with E-state index >= 15 is 0 Å². The Hall–Kier alpha value is -3.27. The molecule has 2 amide bonds. The lowest BCUT2D eigenvalue weighted by atomic mass is 10.0. The van der Waals surface area contributed by atoms with Crippen molar-refractivity contribution in [3.8, 4) is 5.75 Å². The molecule has 0 saturated heterocycles. The van der Waals surface area contributed by atoms with Crippen LogP contribution in [-0.4, -0.2) is 39.9 Å². The van der Waals surface area contributed by atoms with Crippen LogP contribution >= 0.6 is 0 Å². The standard InChI is InChI=1S/C19H20N2O7S/c1-3-26-18(22)16-14(20-19(23)21-17(16)15-8-5-9-27-15)11-28-12-6-4-7-13(10-12)29(2,24)25/h4-10,17H,3,11H2,1-2H3,(H2,20,21,23). The maximum Gasteiger partial charge on any atom is 0.338 e. The highest BCUT2D eigenvalue weighted by atomic mass is 32.2. The molecule has 0 saturated carbocycles. The van der Waals surface area contributed by atoms with Gasteiger partial charge >= 0.3 is 12.0 Å². The molecule has 1 unspecified atom stereocenters. The Bertz CT molecular complexity index is 1040. The highest BCUT2D eigenvalue weighted by Gasteiger charge is 2.35. The number of hydrogen-bond donors (Lipinski definition) is 2. The number of furan rings is 1. The molecule has 0 bridgehead atoms. The number of sulfone groups is 1. The first kappa shape index (κ1) is 20.5. The van der Waals surface area contributed by atoms with Gasteiger partial charge in [-0.1, -0.05) is 6.07 Å². The fourth-order valence-electron chi connectivity index (χ4n) is 2.80. The molecule has 1 aliphatic heterocycles. The van der Waals surface area contributed by atoms with Gasteiger partial charge in [-0.05, 0) is 37.3 Å². The lowest BCUT2D eigenvalue weighted by molar-refractivity contribution is -0.139. The molecule has 0 fully saturated rings. The van der Waals surface area contributed by atoms with Crippen molar-refractivity contribution in [2.75, 3.05) is 19.5 Å². The van der Waals surface area contributed by atoms with Crippen LogP contribution in [0.5, 0.6) is 5.75 Å². The lowest BCUT2D eigenvalue weighted by Crippen LogP contribution is -2.47. The predicted molar refractivity (Wildman–Crippen MR) is 102 cm³/mol. The summed E-state index contributed by atoms with van der Waals surface area (Å²) >= 11 is 0. The zero-order chi connectivity index (χ0) is 21.0. The topological polar surface area (TPSA) is 124 Å². The van der Waals surface area contributed by atoms with Gasteiger partial charge < -0.3 is 24.5 Å². The van der Waals surface area contributed by atoms with Crippen LogP contribution in [0.2, 0.25) is 0 Å². The second kappa shape index (κ2) is 8.39. The van der Waals surface area contributed by atoms with Gasteiger partial charge in [-0.3, -0.25) is 0 Å². The molecule has 2 N–H and O–H groups in total. The molecule has 10 heteroatoms. The Labute approximate surface area is 167 Å². The van der Waals surface area contributed by atoms with E-state index in [-0.39, 0.29) is 35.1 Å². The molecule has 1 aromatic carbocycles. The summed E-state index contributed by atoms with van der Waals surface area (Å²) in [5, 5.41) is 5.18. The number of urea groups is 1.